The minimum Gasteiger partial charge on any atom is -0.488 e. The van der Waals surface area contributed by atoms with Crippen LogP contribution in [0.4, 0.5) is 0 Å². The minimum absolute atomic E-state index is 0.0459. The monoisotopic (exact) mass is 319 g/mol. The number of carboxylic acids is 1. The fourth-order valence-corrected chi connectivity index (χ4v) is 2.44. The first kappa shape index (κ1) is 16.0. The quantitative estimate of drug-likeness (QED) is 0.734. The zero-order valence-electron chi connectivity index (χ0n) is 12.0. The van der Waals surface area contributed by atoms with Crippen molar-refractivity contribution in [2.75, 3.05) is 6.54 Å². The van der Waals surface area contributed by atoms with Gasteiger partial charge >= 0.3 is 5.97 Å². The molecule has 0 saturated carbocycles. The summed E-state index contributed by atoms with van der Waals surface area (Å²) in [6.45, 7) is 0.812. The Labute approximate surface area is 132 Å². The Balaban J connectivity index is 1.84. The Bertz CT molecular complexity index is 625. The molecule has 2 N–H and O–H groups in total. The molecule has 2 aromatic rings. The lowest BCUT2D eigenvalue weighted by atomic mass is 10.2. The Hall–Kier alpha value is -2.34. The van der Waals surface area contributed by atoms with E-state index >= 15 is 0 Å². The Kier molecular flexibility index (Phi) is 5.97. The van der Waals surface area contributed by atoms with E-state index in [2.05, 4.69) is 5.32 Å². The summed E-state index contributed by atoms with van der Waals surface area (Å²) in [5, 5.41) is 13.2. The number of thiophene rings is 1. The molecule has 22 heavy (non-hydrogen) atoms. The average molecular weight is 319 g/mol. The molecule has 1 heterocycles. The highest BCUT2D eigenvalue weighted by Crippen LogP contribution is 2.17. The number of benzene rings is 1. The van der Waals surface area contributed by atoms with E-state index in [4.69, 9.17) is 9.84 Å². The van der Waals surface area contributed by atoms with E-state index in [1.807, 2.05) is 17.5 Å². The molecule has 1 amide bonds. The van der Waals surface area contributed by atoms with Gasteiger partial charge in [0.2, 0.25) is 0 Å². The van der Waals surface area contributed by atoms with Crippen molar-refractivity contribution < 1.29 is 19.4 Å². The molecule has 2 rings (SSSR count). The van der Waals surface area contributed by atoms with Crippen LogP contribution in [0.5, 0.6) is 5.75 Å². The molecular weight excluding hydrogens is 302 g/mol. The molecule has 1 aromatic carbocycles. The SMILES string of the molecule is O=C(O)CCCNC(=O)c1cccc(OCc2cccs2)c1. The van der Waals surface area contributed by atoms with Crippen LogP contribution in [0, 0.1) is 0 Å². The van der Waals surface area contributed by atoms with Crippen molar-refractivity contribution >= 4 is 23.2 Å². The van der Waals surface area contributed by atoms with Gasteiger partial charge in [-0.05, 0) is 36.1 Å². The van der Waals surface area contributed by atoms with Gasteiger partial charge in [-0.2, -0.15) is 0 Å². The molecule has 0 aliphatic heterocycles. The summed E-state index contributed by atoms with van der Waals surface area (Å²) in [4.78, 5) is 23.5. The first-order chi connectivity index (χ1) is 10.6. The van der Waals surface area contributed by atoms with Gasteiger partial charge in [-0.3, -0.25) is 9.59 Å². The minimum atomic E-state index is -0.863. The van der Waals surface area contributed by atoms with E-state index in [9.17, 15) is 9.59 Å². The molecule has 5 nitrogen and oxygen atoms in total. The molecule has 6 heteroatoms. The second-order valence-corrected chi connectivity index (χ2v) is 5.68. The predicted molar refractivity (Wildman–Crippen MR) is 84.3 cm³/mol. The predicted octanol–water partition coefficient (Wildman–Crippen LogP) is 2.92. The lowest BCUT2D eigenvalue weighted by Gasteiger charge is -2.08. The van der Waals surface area contributed by atoms with Gasteiger partial charge in [0.25, 0.3) is 5.91 Å². The number of amides is 1. The molecular formula is C16H17NO4S. The number of hydrogen-bond donors (Lipinski definition) is 2. The summed E-state index contributed by atoms with van der Waals surface area (Å²) in [5.74, 6) is -0.461. The Morgan fingerprint density at radius 1 is 1.23 bits per heavy atom. The Morgan fingerprint density at radius 3 is 2.82 bits per heavy atom. The smallest absolute Gasteiger partial charge is 0.303 e. The van der Waals surface area contributed by atoms with Crippen LogP contribution < -0.4 is 10.1 Å². The number of nitrogens with one attached hydrogen (secondary N) is 1. The number of carbonyl (C=O) groups is 2. The highest BCUT2D eigenvalue weighted by atomic mass is 32.1. The van der Waals surface area contributed by atoms with Crippen molar-refractivity contribution in [1.82, 2.24) is 5.32 Å². The van der Waals surface area contributed by atoms with Gasteiger partial charge in [0.15, 0.2) is 0 Å². The molecule has 0 bridgehead atoms. The average Bonchev–Trinajstić information content (AvgIpc) is 3.03. The molecule has 0 aliphatic rings. The van der Waals surface area contributed by atoms with E-state index < -0.39 is 5.97 Å². The number of rotatable bonds is 8. The fourth-order valence-electron chi connectivity index (χ4n) is 1.82. The normalized spacial score (nSPS) is 10.2. The van der Waals surface area contributed by atoms with Gasteiger partial charge < -0.3 is 15.2 Å². The molecule has 0 radical (unpaired) electrons. The lowest BCUT2D eigenvalue weighted by Crippen LogP contribution is -2.24. The van der Waals surface area contributed by atoms with Gasteiger partial charge in [-0.1, -0.05) is 12.1 Å². The van der Waals surface area contributed by atoms with Crippen LogP contribution in [-0.2, 0) is 11.4 Å². The summed E-state index contributed by atoms with van der Waals surface area (Å²) >= 11 is 1.62. The van der Waals surface area contributed by atoms with E-state index in [1.165, 1.54) is 0 Å². The molecule has 0 atom stereocenters. The molecule has 116 valence electrons. The number of hydrogen-bond acceptors (Lipinski definition) is 4. The second-order valence-electron chi connectivity index (χ2n) is 4.65. The van der Waals surface area contributed by atoms with Gasteiger partial charge in [-0.15, -0.1) is 11.3 Å². The first-order valence-electron chi connectivity index (χ1n) is 6.90. The molecule has 0 saturated heterocycles. The summed E-state index contributed by atoms with van der Waals surface area (Å²) in [5.41, 5.74) is 0.499. The highest BCUT2D eigenvalue weighted by Gasteiger charge is 2.07. The first-order valence-corrected chi connectivity index (χ1v) is 7.78. The third-order valence-electron chi connectivity index (χ3n) is 2.91. The van der Waals surface area contributed by atoms with E-state index in [1.54, 1.807) is 35.6 Å². The summed E-state index contributed by atoms with van der Waals surface area (Å²) in [6, 6.07) is 10.9. The molecule has 0 aliphatic carbocycles. The van der Waals surface area contributed by atoms with Gasteiger partial charge in [-0.25, -0.2) is 0 Å². The summed E-state index contributed by atoms with van der Waals surface area (Å²) < 4.78 is 5.65. The molecule has 0 fully saturated rings. The maximum atomic E-state index is 12.0. The van der Waals surface area contributed by atoms with Gasteiger partial charge in [0.05, 0.1) is 0 Å². The third kappa shape index (κ3) is 5.21. The standard InChI is InChI=1S/C16H17NO4S/c18-15(19)7-2-8-17-16(20)12-4-1-5-13(10-12)21-11-14-6-3-9-22-14/h1,3-6,9-10H,2,7-8,11H2,(H,17,20)(H,18,19). The van der Waals surface area contributed by atoms with Gasteiger partial charge in [0, 0.05) is 23.4 Å². The summed E-state index contributed by atoms with van der Waals surface area (Å²) in [6.07, 6.45) is 0.458. The van der Waals surface area contributed by atoms with Crippen molar-refractivity contribution in [2.45, 2.75) is 19.4 Å². The molecule has 0 unspecified atom stereocenters. The second kappa shape index (κ2) is 8.19. The number of ether oxygens (including phenoxy) is 1. The van der Waals surface area contributed by atoms with Crippen LogP contribution in [0.2, 0.25) is 0 Å². The zero-order valence-corrected chi connectivity index (χ0v) is 12.8. The number of aliphatic carboxylic acids is 1. The highest BCUT2D eigenvalue weighted by molar-refractivity contribution is 7.09. The summed E-state index contributed by atoms with van der Waals surface area (Å²) in [7, 11) is 0. The van der Waals surface area contributed by atoms with Crippen LogP contribution >= 0.6 is 11.3 Å². The van der Waals surface area contributed by atoms with Crippen LogP contribution in [-0.4, -0.2) is 23.5 Å². The van der Waals surface area contributed by atoms with Crippen molar-refractivity contribution in [2.24, 2.45) is 0 Å². The third-order valence-corrected chi connectivity index (χ3v) is 3.76. The van der Waals surface area contributed by atoms with Crippen LogP contribution in [0.25, 0.3) is 0 Å². The van der Waals surface area contributed by atoms with E-state index in [0.29, 0.717) is 30.9 Å². The lowest BCUT2D eigenvalue weighted by molar-refractivity contribution is -0.137. The largest absolute Gasteiger partial charge is 0.488 e. The van der Waals surface area contributed by atoms with Crippen molar-refractivity contribution in [1.29, 1.82) is 0 Å². The van der Waals surface area contributed by atoms with Crippen molar-refractivity contribution in [3.05, 3.63) is 52.2 Å². The van der Waals surface area contributed by atoms with E-state index in [-0.39, 0.29) is 12.3 Å². The van der Waals surface area contributed by atoms with Crippen molar-refractivity contribution in [3.63, 3.8) is 0 Å². The Morgan fingerprint density at radius 2 is 2.09 bits per heavy atom. The zero-order chi connectivity index (χ0) is 15.8. The molecule has 0 spiro atoms. The fraction of sp³-hybridized carbons (Fsp3) is 0.250. The van der Waals surface area contributed by atoms with Gasteiger partial charge in [0.1, 0.15) is 12.4 Å². The molecule has 1 aromatic heterocycles. The number of carbonyl (C=O) groups excluding carboxylic acids is 1. The van der Waals surface area contributed by atoms with Crippen LogP contribution in [0.15, 0.2) is 41.8 Å². The maximum absolute atomic E-state index is 12.0. The maximum Gasteiger partial charge on any atom is 0.303 e. The van der Waals surface area contributed by atoms with Crippen molar-refractivity contribution in [3.8, 4) is 5.75 Å². The van der Waals surface area contributed by atoms with E-state index in [0.717, 1.165) is 4.88 Å². The van der Waals surface area contributed by atoms with Crippen LogP contribution in [0.3, 0.4) is 0 Å². The van der Waals surface area contributed by atoms with Crippen LogP contribution in [0.1, 0.15) is 28.1 Å². The topological polar surface area (TPSA) is 75.6 Å². The number of carboxylic acid groups (broad SMARTS) is 1.